The van der Waals surface area contributed by atoms with Gasteiger partial charge in [0, 0.05) is 22.8 Å². The Morgan fingerprint density at radius 2 is 2.35 bits per heavy atom. The van der Waals surface area contributed by atoms with E-state index in [1.807, 2.05) is 0 Å². The number of nitrogens with one attached hydrogen (secondary N) is 1. The summed E-state index contributed by atoms with van der Waals surface area (Å²) in [6, 6.07) is 1.44. The van der Waals surface area contributed by atoms with E-state index in [1.165, 1.54) is 23.6 Å². The number of thiazole rings is 1. The molecule has 6 nitrogen and oxygen atoms in total. The van der Waals surface area contributed by atoms with Gasteiger partial charge in [-0.2, -0.15) is 0 Å². The third-order valence-electron chi connectivity index (χ3n) is 2.20. The molecule has 0 atom stereocenters. The molecule has 17 heavy (non-hydrogen) atoms. The molecule has 2 rings (SSSR count). The van der Waals surface area contributed by atoms with Crippen LogP contribution in [0.1, 0.15) is 10.4 Å². The summed E-state index contributed by atoms with van der Waals surface area (Å²) in [5, 5.41) is 13.8. The van der Waals surface area contributed by atoms with E-state index < -0.39 is 4.92 Å². The van der Waals surface area contributed by atoms with Gasteiger partial charge in [-0.3, -0.25) is 15.1 Å². The maximum absolute atomic E-state index is 10.7. The van der Waals surface area contributed by atoms with E-state index in [2.05, 4.69) is 15.3 Å². The maximum Gasteiger partial charge on any atom is 0.277 e. The first-order valence-electron chi connectivity index (χ1n) is 4.89. The second kappa shape index (κ2) is 4.88. The molecule has 88 valence electrons. The van der Waals surface area contributed by atoms with E-state index in [0.717, 1.165) is 4.88 Å². The van der Waals surface area contributed by atoms with Gasteiger partial charge in [0.15, 0.2) is 0 Å². The normalized spacial score (nSPS) is 10.2. The molecule has 2 aromatic heterocycles. The molecule has 7 heteroatoms. The monoisotopic (exact) mass is 250 g/mol. The zero-order valence-corrected chi connectivity index (χ0v) is 9.90. The molecule has 1 N–H and O–H groups in total. The summed E-state index contributed by atoms with van der Waals surface area (Å²) < 4.78 is 0. The van der Waals surface area contributed by atoms with Crippen molar-refractivity contribution in [3.8, 4) is 0 Å². The fourth-order valence-corrected chi connectivity index (χ4v) is 1.85. The fraction of sp³-hybridized carbons (Fsp3) is 0.200. The Morgan fingerprint density at radius 1 is 1.53 bits per heavy atom. The van der Waals surface area contributed by atoms with Crippen LogP contribution < -0.4 is 5.32 Å². The van der Waals surface area contributed by atoms with Gasteiger partial charge in [-0.25, -0.2) is 4.98 Å². The molecule has 2 heterocycles. The van der Waals surface area contributed by atoms with Crippen LogP contribution in [-0.2, 0) is 6.54 Å². The van der Waals surface area contributed by atoms with Crippen LogP contribution in [0.3, 0.4) is 0 Å². The minimum atomic E-state index is -0.408. The number of anilines is 1. The summed E-state index contributed by atoms with van der Waals surface area (Å²) in [7, 11) is 0. The Hall–Kier alpha value is -2.02. The number of pyridine rings is 1. The van der Waals surface area contributed by atoms with Crippen molar-refractivity contribution in [3.63, 3.8) is 0 Å². The van der Waals surface area contributed by atoms with E-state index in [4.69, 9.17) is 0 Å². The number of aromatic nitrogens is 2. The van der Waals surface area contributed by atoms with Gasteiger partial charge in [0.05, 0.1) is 23.0 Å². The van der Waals surface area contributed by atoms with Gasteiger partial charge in [-0.1, -0.05) is 0 Å². The fourth-order valence-electron chi connectivity index (χ4n) is 1.31. The summed E-state index contributed by atoms with van der Waals surface area (Å²) in [4.78, 5) is 19.4. The van der Waals surface area contributed by atoms with Crippen LogP contribution in [0.5, 0.6) is 0 Å². The standard InChI is InChI=1S/C10H10N4O2S/c1-7-3-12-10(2-9(7)14(15)16)13-5-8-4-11-6-17-8/h2-4,6H,5H2,1H3,(H,12,13). The van der Waals surface area contributed by atoms with Crippen molar-refractivity contribution in [2.75, 3.05) is 5.32 Å². The highest BCUT2D eigenvalue weighted by molar-refractivity contribution is 7.09. The van der Waals surface area contributed by atoms with Crippen molar-refractivity contribution in [3.05, 3.63) is 44.5 Å². The molecular formula is C10H10N4O2S. The topological polar surface area (TPSA) is 81.0 Å². The van der Waals surface area contributed by atoms with E-state index in [1.54, 1.807) is 18.6 Å². The van der Waals surface area contributed by atoms with Crippen molar-refractivity contribution in [1.82, 2.24) is 9.97 Å². The van der Waals surface area contributed by atoms with Crippen LogP contribution in [0, 0.1) is 17.0 Å². The van der Waals surface area contributed by atoms with Crippen LogP contribution in [0.25, 0.3) is 0 Å². The van der Waals surface area contributed by atoms with Crippen molar-refractivity contribution in [2.45, 2.75) is 13.5 Å². The molecule has 0 spiro atoms. The van der Waals surface area contributed by atoms with Crippen LogP contribution in [0.15, 0.2) is 24.0 Å². The first-order valence-corrected chi connectivity index (χ1v) is 5.77. The van der Waals surface area contributed by atoms with E-state index in [0.29, 0.717) is 17.9 Å². The minimum absolute atomic E-state index is 0.0757. The van der Waals surface area contributed by atoms with E-state index in [-0.39, 0.29) is 5.69 Å². The van der Waals surface area contributed by atoms with Crippen molar-refractivity contribution in [1.29, 1.82) is 0 Å². The zero-order valence-electron chi connectivity index (χ0n) is 9.08. The molecule has 2 aromatic rings. The van der Waals surface area contributed by atoms with Gasteiger partial charge in [0.2, 0.25) is 0 Å². The molecule has 0 saturated heterocycles. The predicted molar refractivity (Wildman–Crippen MR) is 65.1 cm³/mol. The molecule has 0 amide bonds. The molecule has 0 aliphatic heterocycles. The molecule has 0 unspecified atom stereocenters. The number of nitrogens with zero attached hydrogens (tertiary/aromatic N) is 3. The lowest BCUT2D eigenvalue weighted by atomic mass is 10.2. The van der Waals surface area contributed by atoms with Crippen LogP contribution in [-0.4, -0.2) is 14.9 Å². The zero-order chi connectivity index (χ0) is 12.3. The first-order chi connectivity index (χ1) is 8.16. The quantitative estimate of drug-likeness (QED) is 0.665. The molecule has 0 fully saturated rings. The molecule has 0 radical (unpaired) electrons. The second-order valence-corrected chi connectivity index (χ2v) is 4.41. The number of aryl methyl sites for hydroxylation is 1. The largest absolute Gasteiger partial charge is 0.365 e. The highest BCUT2D eigenvalue weighted by Gasteiger charge is 2.11. The van der Waals surface area contributed by atoms with Crippen molar-refractivity contribution >= 4 is 22.8 Å². The SMILES string of the molecule is Cc1cnc(NCc2cncs2)cc1[N+](=O)[O-]. The first kappa shape index (κ1) is 11.5. The predicted octanol–water partition coefficient (Wildman–Crippen LogP) is 2.37. The van der Waals surface area contributed by atoms with Crippen LogP contribution in [0.2, 0.25) is 0 Å². The summed E-state index contributed by atoms with van der Waals surface area (Å²) in [6.45, 7) is 2.23. The molecule has 0 bridgehead atoms. The molecule has 0 aliphatic rings. The number of hydrogen-bond donors (Lipinski definition) is 1. The highest BCUT2D eigenvalue weighted by Crippen LogP contribution is 2.20. The van der Waals surface area contributed by atoms with Gasteiger partial charge in [0.25, 0.3) is 5.69 Å². The highest BCUT2D eigenvalue weighted by atomic mass is 32.1. The Balaban J connectivity index is 2.11. The Bertz CT molecular complexity index is 527. The maximum atomic E-state index is 10.7. The third-order valence-corrected chi connectivity index (χ3v) is 2.98. The van der Waals surface area contributed by atoms with Crippen LogP contribution >= 0.6 is 11.3 Å². The average Bonchev–Trinajstić information content (AvgIpc) is 2.80. The van der Waals surface area contributed by atoms with Crippen LogP contribution in [0.4, 0.5) is 11.5 Å². The number of nitro groups is 1. The minimum Gasteiger partial charge on any atom is -0.365 e. The molecule has 0 aliphatic carbocycles. The third kappa shape index (κ3) is 2.76. The van der Waals surface area contributed by atoms with Gasteiger partial charge in [-0.05, 0) is 6.92 Å². The Kier molecular flexibility index (Phi) is 3.29. The number of hydrogen-bond acceptors (Lipinski definition) is 6. The lowest BCUT2D eigenvalue weighted by Crippen LogP contribution is -2.01. The number of rotatable bonds is 4. The summed E-state index contributed by atoms with van der Waals surface area (Å²) in [5.41, 5.74) is 2.37. The lowest BCUT2D eigenvalue weighted by Gasteiger charge is -2.04. The molecular weight excluding hydrogens is 240 g/mol. The molecule has 0 aromatic carbocycles. The average molecular weight is 250 g/mol. The summed E-state index contributed by atoms with van der Waals surface area (Å²) in [5.74, 6) is 0.496. The van der Waals surface area contributed by atoms with Crippen molar-refractivity contribution < 1.29 is 4.92 Å². The van der Waals surface area contributed by atoms with E-state index >= 15 is 0 Å². The van der Waals surface area contributed by atoms with E-state index in [9.17, 15) is 10.1 Å². The Labute approximate surface area is 102 Å². The van der Waals surface area contributed by atoms with Gasteiger partial charge in [0.1, 0.15) is 5.82 Å². The summed E-state index contributed by atoms with van der Waals surface area (Å²) >= 11 is 1.52. The smallest absolute Gasteiger partial charge is 0.277 e. The van der Waals surface area contributed by atoms with Gasteiger partial charge < -0.3 is 5.32 Å². The van der Waals surface area contributed by atoms with Gasteiger partial charge >= 0.3 is 0 Å². The Morgan fingerprint density at radius 3 is 3.00 bits per heavy atom. The molecule has 0 saturated carbocycles. The van der Waals surface area contributed by atoms with Crippen molar-refractivity contribution in [2.24, 2.45) is 0 Å². The van der Waals surface area contributed by atoms with Gasteiger partial charge in [-0.15, -0.1) is 11.3 Å². The summed E-state index contributed by atoms with van der Waals surface area (Å²) in [6.07, 6.45) is 3.24. The second-order valence-electron chi connectivity index (χ2n) is 3.43. The lowest BCUT2D eigenvalue weighted by molar-refractivity contribution is -0.385.